The second-order valence-corrected chi connectivity index (χ2v) is 10.3. The van der Waals surface area contributed by atoms with Crippen LogP contribution < -0.4 is 10.2 Å². The summed E-state index contributed by atoms with van der Waals surface area (Å²) in [4.78, 5) is 14.8. The van der Waals surface area contributed by atoms with E-state index in [1.165, 1.54) is 7.11 Å². The fourth-order valence-electron chi connectivity index (χ4n) is 5.22. The fourth-order valence-corrected chi connectivity index (χ4v) is 7.17. The summed E-state index contributed by atoms with van der Waals surface area (Å²) < 4.78 is 33.0. The first-order chi connectivity index (χ1) is 13.4. The van der Waals surface area contributed by atoms with Gasteiger partial charge in [0.1, 0.15) is 0 Å². The number of nitrogens with one attached hydrogen (secondary N) is 1. The zero-order valence-corrected chi connectivity index (χ0v) is 17.2. The second-order valence-electron chi connectivity index (χ2n) is 8.34. The van der Waals surface area contributed by atoms with Crippen LogP contribution in [0.2, 0.25) is 0 Å². The number of esters is 1. The van der Waals surface area contributed by atoms with Crippen LogP contribution in [0.3, 0.4) is 0 Å². The van der Waals surface area contributed by atoms with Gasteiger partial charge < -0.3 is 15.0 Å². The monoisotopic (exact) mass is 407 g/mol. The van der Waals surface area contributed by atoms with Gasteiger partial charge in [0.25, 0.3) is 0 Å². The number of piperazine rings is 1. The maximum Gasteiger partial charge on any atom is 0.312 e. The van der Waals surface area contributed by atoms with Crippen molar-refractivity contribution in [1.29, 1.82) is 0 Å². The van der Waals surface area contributed by atoms with Gasteiger partial charge in [-0.15, -0.1) is 0 Å². The molecule has 3 aliphatic rings. The van der Waals surface area contributed by atoms with Gasteiger partial charge in [-0.25, -0.2) is 8.42 Å². The standard InChI is InChI=1S/C20H29N3O4S/c1-27-19(24)20(11-16-13-21-14-17(16)12-20)15-28(25,26)23-9-7-22(8-10-23)18-5-3-2-4-6-18/h2-6,16-17,21H,7-15H2,1H3/t16-,17-/m1/s1. The van der Waals surface area contributed by atoms with Crippen LogP contribution >= 0.6 is 0 Å². The third kappa shape index (κ3) is 3.65. The summed E-state index contributed by atoms with van der Waals surface area (Å²) in [7, 11) is -2.17. The molecule has 0 spiro atoms. The zero-order chi connectivity index (χ0) is 19.8. The minimum absolute atomic E-state index is 0.134. The van der Waals surface area contributed by atoms with Gasteiger partial charge in [-0.05, 0) is 49.9 Å². The highest BCUT2D eigenvalue weighted by molar-refractivity contribution is 7.89. The van der Waals surface area contributed by atoms with Gasteiger partial charge in [-0.2, -0.15) is 4.31 Å². The molecule has 8 heteroatoms. The molecule has 1 N–H and O–H groups in total. The van der Waals surface area contributed by atoms with E-state index in [0.717, 1.165) is 18.8 Å². The van der Waals surface area contributed by atoms with Crippen LogP contribution in [0.5, 0.6) is 0 Å². The summed E-state index contributed by atoms with van der Waals surface area (Å²) in [6.45, 7) is 3.93. The van der Waals surface area contributed by atoms with E-state index < -0.39 is 15.4 Å². The number of methoxy groups -OCH3 is 1. The minimum Gasteiger partial charge on any atom is -0.469 e. The predicted molar refractivity (Wildman–Crippen MR) is 108 cm³/mol. The molecular weight excluding hydrogens is 378 g/mol. The lowest BCUT2D eigenvalue weighted by molar-refractivity contribution is -0.151. The quantitative estimate of drug-likeness (QED) is 0.732. The Balaban J connectivity index is 1.45. The number of benzene rings is 1. The Labute approximate surface area is 167 Å². The van der Waals surface area contributed by atoms with Crippen molar-refractivity contribution < 1.29 is 17.9 Å². The number of anilines is 1. The molecule has 2 heterocycles. The first-order valence-corrected chi connectivity index (χ1v) is 11.6. The molecule has 0 aromatic heterocycles. The number of fused-ring (bicyclic) bond motifs is 1. The smallest absolute Gasteiger partial charge is 0.312 e. The number of nitrogens with zero attached hydrogens (tertiary/aromatic N) is 2. The Morgan fingerprint density at radius 1 is 1.11 bits per heavy atom. The summed E-state index contributed by atoms with van der Waals surface area (Å²) in [5.41, 5.74) is 0.211. The molecule has 1 aromatic carbocycles. The van der Waals surface area contributed by atoms with Gasteiger partial charge in [0.2, 0.25) is 10.0 Å². The minimum atomic E-state index is -3.53. The number of hydrogen-bond donors (Lipinski definition) is 1. The summed E-state index contributed by atoms with van der Waals surface area (Å²) in [6, 6.07) is 10.0. The van der Waals surface area contributed by atoms with Crippen molar-refractivity contribution in [3.8, 4) is 0 Å². The fraction of sp³-hybridized carbons (Fsp3) is 0.650. The van der Waals surface area contributed by atoms with Crippen LogP contribution in [0.1, 0.15) is 12.8 Å². The normalized spacial score (nSPS) is 27.5. The highest BCUT2D eigenvalue weighted by Gasteiger charge is 2.55. The number of sulfonamides is 1. The molecule has 1 saturated carbocycles. The molecule has 0 unspecified atom stereocenters. The Morgan fingerprint density at radius 2 is 1.71 bits per heavy atom. The van der Waals surface area contributed by atoms with E-state index >= 15 is 0 Å². The molecule has 154 valence electrons. The van der Waals surface area contributed by atoms with Crippen LogP contribution in [0, 0.1) is 17.3 Å². The number of rotatable bonds is 5. The molecule has 0 bridgehead atoms. The first kappa shape index (κ1) is 19.7. The molecule has 4 rings (SSSR count). The third-order valence-electron chi connectivity index (χ3n) is 6.62. The molecule has 2 aliphatic heterocycles. The number of carbonyl (C=O) groups is 1. The topological polar surface area (TPSA) is 79.0 Å². The molecule has 7 nitrogen and oxygen atoms in total. The average Bonchev–Trinajstić information content (AvgIpc) is 3.27. The zero-order valence-electron chi connectivity index (χ0n) is 16.3. The van der Waals surface area contributed by atoms with E-state index in [0.29, 0.717) is 50.9 Å². The maximum atomic E-state index is 13.2. The summed E-state index contributed by atoms with van der Waals surface area (Å²) in [5.74, 6) is 0.229. The van der Waals surface area contributed by atoms with Crippen LogP contribution in [0.25, 0.3) is 0 Å². The molecular formula is C20H29N3O4S. The van der Waals surface area contributed by atoms with Crippen molar-refractivity contribution in [2.75, 3.05) is 57.0 Å². The van der Waals surface area contributed by atoms with Crippen molar-refractivity contribution in [1.82, 2.24) is 9.62 Å². The predicted octanol–water partition coefficient (Wildman–Crippen LogP) is 0.927. The Kier molecular flexibility index (Phi) is 5.37. The van der Waals surface area contributed by atoms with Crippen molar-refractivity contribution in [3.05, 3.63) is 30.3 Å². The van der Waals surface area contributed by atoms with E-state index in [-0.39, 0.29) is 11.7 Å². The SMILES string of the molecule is COC(=O)C1(CS(=O)(=O)N2CCN(c3ccccc3)CC2)C[C@@H]2CNC[C@H]2C1. The van der Waals surface area contributed by atoms with Gasteiger partial charge in [-0.3, -0.25) is 4.79 Å². The van der Waals surface area contributed by atoms with E-state index in [1.807, 2.05) is 30.3 Å². The Morgan fingerprint density at radius 3 is 2.29 bits per heavy atom. The van der Waals surface area contributed by atoms with Gasteiger partial charge in [0, 0.05) is 31.9 Å². The first-order valence-electron chi connectivity index (χ1n) is 10.0. The number of para-hydroxylation sites is 1. The Bertz CT molecular complexity index is 794. The lowest BCUT2D eigenvalue weighted by Crippen LogP contribution is -2.51. The Hall–Kier alpha value is -1.64. The van der Waals surface area contributed by atoms with Crippen molar-refractivity contribution in [3.63, 3.8) is 0 Å². The van der Waals surface area contributed by atoms with E-state index in [2.05, 4.69) is 10.2 Å². The molecule has 0 radical (unpaired) electrons. The van der Waals surface area contributed by atoms with Gasteiger partial charge in [0.15, 0.2) is 0 Å². The van der Waals surface area contributed by atoms with Crippen LogP contribution in [0.4, 0.5) is 5.69 Å². The molecule has 3 fully saturated rings. The summed E-state index contributed by atoms with van der Waals surface area (Å²) >= 11 is 0. The van der Waals surface area contributed by atoms with Gasteiger partial charge >= 0.3 is 5.97 Å². The van der Waals surface area contributed by atoms with Crippen LogP contribution in [0.15, 0.2) is 30.3 Å². The van der Waals surface area contributed by atoms with Crippen LogP contribution in [-0.4, -0.2) is 70.8 Å². The molecule has 28 heavy (non-hydrogen) atoms. The molecule has 0 amide bonds. The van der Waals surface area contributed by atoms with E-state index in [1.54, 1.807) is 4.31 Å². The number of carbonyl (C=O) groups excluding carboxylic acids is 1. The van der Waals surface area contributed by atoms with Crippen LogP contribution in [-0.2, 0) is 19.6 Å². The highest BCUT2D eigenvalue weighted by Crippen LogP contribution is 2.49. The highest BCUT2D eigenvalue weighted by atomic mass is 32.2. The molecule has 2 atom stereocenters. The maximum absolute atomic E-state index is 13.2. The number of hydrogen-bond acceptors (Lipinski definition) is 6. The van der Waals surface area contributed by atoms with Crippen molar-refractivity contribution in [2.24, 2.45) is 17.3 Å². The molecule has 1 aromatic rings. The van der Waals surface area contributed by atoms with E-state index in [4.69, 9.17) is 4.74 Å². The molecule has 1 aliphatic carbocycles. The van der Waals surface area contributed by atoms with E-state index in [9.17, 15) is 13.2 Å². The molecule has 2 saturated heterocycles. The average molecular weight is 408 g/mol. The van der Waals surface area contributed by atoms with Gasteiger partial charge in [-0.1, -0.05) is 18.2 Å². The lowest BCUT2D eigenvalue weighted by Gasteiger charge is -2.37. The largest absolute Gasteiger partial charge is 0.469 e. The van der Waals surface area contributed by atoms with Crippen molar-refractivity contribution >= 4 is 21.7 Å². The summed E-state index contributed by atoms with van der Waals surface area (Å²) in [5, 5.41) is 3.35. The van der Waals surface area contributed by atoms with Crippen molar-refractivity contribution in [2.45, 2.75) is 12.8 Å². The summed E-state index contributed by atoms with van der Waals surface area (Å²) in [6.07, 6.45) is 1.20. The second kappa shape index (κ2) is 7.65. The lowest BCUT2D eigenvalue weighted by atomic mass is 9.87. The van der Waals surface area contributed by atoms with Gasteiger partial charge in [0.05, 0.1) is 18.3 Å². The third-order valence-corrected chi connectivity index (χ3v) is 8.69. The number of ether oxygens (including phenoxy) is 1.